The summed E-state index contributed by atoms with van der Waals surface area (Å²) in [4.78, 5) is 0. The second-order valence-electron chi connectivity index (χ2n) is 14.0. The molecule has 0 heterocycles. The van der Waals surface area contributed by atoms with Crippen LogP contribution in [-0.4, -0.2) is 5.66 Å². The highest BCUT2D eigenvalue weighted by Crippen LogP contribution is 2.55. The average Bonchev–Trinajstić information content (AvgIpc) is 3.51. The highest BCUT2D eigenvalue weighted by atomic mass is 31.1. The summed E-state index contributed by atoms with van der Waals surface area (Å²) in [5.41, 5.74) is 6.30. The van der Waals surface area contributed by atoms with Crippen LogP contribution in [0.15, 0.2) is 121 Å². The topological polar surface area (TPSA) is 0 Å². The molecule has 1 aliphatic rings. The van der Waals surface area contributed by atoms with Crippen molar-refractivity contribution in [2.45, 2.75) is 91.6 Å². The molecule has 0 nitrogen and oxygen atoms in total. The van der Waals surface area contributed by atoms with Crippen LogP contribution in [-0.2, 0) is 0 Å². The van der Waals surface area contributed by atoms with Gasteiger partial charge in [-0.1, -0.05) is 178 Å². The van der Waals surface area contributed by atoms with Gasteiger partial charge in [0.2, 0.25) is 0 Å². The molecule has 0 aromatic heterocycles. The van der Waals surface area contributed by atoms with Crippen molar-refractivity contribution in [3.05, 3.63) is 143 Å². The third kappa shape index (κ3) is 7.62. The Hall–Kier alpha value is -2.78. The monoisotopic (exact) mass is 630 g/mol. The quantitative estimate of drug-likeness (QED) is 0.145. The van der Waals surface area contributed by atoms with Gasteiger partial charge in [-0.15, -0.1) is 0 Å². The Morgan fingerprint density at radius 3 is 1.20 bits per heavy atom. The summed E-state index contributed by atoms with van der Waals surface area (Å²) in [7, 11) is -1.30. The Morgan fingerprint density at radius 2 is 0.844 bits per heavy atom. The first-order chi connectivity index (χ1) is 21.5. The first-order valence-corrected chi connectivity index (χ1v) is 19.7. The summed E-state index contributed by atoms with van der Waals surface area (Å²) < 4.78 is 0. The van der Waals surface area contributed by atoms with Gasteiger partial charge in [0.1, 0.15) is 0 Å². The fourth-order valence-electron chi connectivity index (χ4n) is 6.43. The molecule has 2 heteroatoms. The van der Waals surface area contributed by atoms with E-state index >= 15 is 0 Å². The fourth-order valence-corrected chi connectivity index (χ4v) is 12.2. The van der Waals surface area contributed by atoms with Crippen LogP contribution in [0, 0.1) is 5.92 Å². The van der Waals surface area contributed by atoms with Gasteiger partial charge in [0.15, 0.2) is 0 Å². The molecular formula is C43H52P2. The Labute approximate surface area is 276 Å². The molecule has 0 amide bonds. The molecule has 0 N–H and O–H groups in total. The average molecular weight is 631 g/mol. The lowest BCUT2D eigenvalue weighted by atomic mass is 9.96. The van der Waals surface area contributed by atoms with E-state index in [2.05, 4.69) is 178 Å². The molecule has 0 aliphatic heterocycles. The molecule has 0 saturated carbocycles. The predicted molar refractivity (Wildman–Crippen MR) is 205 cm³/mol. The molecule has 0 bridgehead atoms. The molecule has 0 saturated heterocycles. The van der Waals surface area contributed by atoms with Crippen LogP contribution in [0.1, 0.15) is 108 Å². The summed E-state index contributed by atoms with van der Waals surface area (Å²) in [5, 5.41) is 7.51. The van der Waals surface area contributed by atoms with Crippen LogP contribution in [0.2, 0.25) is 0 Å². The van der Waals surface area contributed by atoms with Gasteiger partial charge in [0.05, 0.1) is 0 Å². The lowest BCUT2D eigenvalue weighted by Gasteiger charge is -2.35. The van der Waals surface area contributed by atoms with E-state index in [-0.39, 0.29) is 0 Å². The van der Waals surface area contributed by atoms with E-state index < -0.39 is 15.8 Å². The van der Waals surface area contributed by atoms with Gasteiger partial charge < -0.3 is 0 Å². The first-order valence-electron chi connectivity index (χ1n) is 16.9. The van der Waals surface area contributed by atoms with Gasteiger partial charge in [-0.3, -0.25) is 0 Å². The zero-order valence-electron chi connectivity index (χ0n) is 28.8. The van der Waals surface area contributed by atoms with Gasteiger partial charge in [-0.05, 0) is 94.0 Å². The maximum Gasteiger partial charge on any atom is 0.0103 e. The van der Waals surface area contributed by atoms with Crippen molar-refractivity contribution in [2.75, 3.05) is 0 Å². The van der Waals surface area contributed by atoms with Crippen LogP contribution in [0.5, 0.6) is 0 Å². The van der Waals surface area contributed by atoms with Crippen LogP contribution in [0.3, 0.4) is 0 Å². The van der Waals surface area contributed by atoms with Crippen molar-refractivity contribution in [1.82, 2.24) is 0 Å². The summed E-state index contributed by atoms with van der Waals surface area (Å²) in [5.74, 6) is 2.35. The van der Waals surface area contributed by atoms with Gasteiger partial charge in [-0.2, -0.15) is 0 Å². The maximum atomic E-state index is 2.56. The van der Waals surface area contributed by atoms with Crippen molar-refractivity contribution in [3.63, 3.8) is 0 Å². The third-order valence-electron chi connectivity index (χ3n) is 9.29. The second kappa shape index (κ2) is 14.8. The molecule has 1 aliphatic carbocycles. The van der Waals surface area contributed by atoms with Crippen LogP contribution >= 0.6 is 15.8 Å². The van der Waals surface area contributed by atoms with E-state index in [4.69, 9.17) is 0 Å². The van der Waals surface area contributed by atoms with Crippen LogP contribution in [0.4, 0.5) is 0 Å². The molecule has 0 fully saturated rings. The number of hydrogen-bond acceptors (Lipinski definition) is 0. The molecule has 0 radical (unpaired) electrons. The first kappa shape index (κ1) is 33.6. The predicted octanol–water partition coefficient (Wildman–Crippen LogP) is 11.2. The second-order valence-corrected chi connectivity index (χ2v) is 18.8. The minimum atomic E-state index is -0.658. The standard InChI is InChI=1S/C43H52P2/c1-29(2)34-23-35(30(3)4)26-40(25-34)44(41-27-36(31(5)6)24-37(28-41)32(7)8)33(9)42-21-16-22-43(42)45(38-17-12-10-13-18-38)39-19-14-11-15-20-39/h10-33,42H,1-9H3. The van der Waals surface area contributed by atoms with Gasteiger partial charge in [0.25, 0.3) is 0 Å². The van der Waals surface area contributed by atoms with E-state index in [1.54, 1.807) is 5.31 Å². The van der Waals surface area contributed by atoms with Crippen molar-refractivity contribution < 1.29 is 0 Å². The maximum absolute atomic E-state index is 2.56. The number of allylic oxidation sites excluding steroid dienone is 4. The lowest BCUT2D eigenvalue weighted by molar-refractivity contribution is 0.784. The van der Waals surface area contributed by atoms with E-state index in [1.807, 2.05) is 0 Å². The van der Waals surface area contributed by atoms with E-state index in [9.17, 15) is 0 Å². The summed E-state index contributed by atoms with van der Waals surface area (Å²) in [6.45, 7) is 21.3. The SMILES string of the molecule is CC(C)c1cc(C(C)C)cc(P(c2cc(C(C)C)cc(C(C)C)c2)C(C)C2C=CC=C2P(c2ccccc2)c2ccccc2)c1. The molecule has 0 spiro atoms. The summed E-state index contributed by atoms with van der Waals surface area (Å²) in [6, 6.07) is 37.6. The van der Waals surface area contributed by atoms with Crippen molar-refractivity contribution in [1.29, 1.82) is 0 Å². The third-order valence-corrected chi connectivity index (χ3v) is 14.6. The Kier molecular flexibility index (Phi) is 11.0. The van der Waals surface area contributed by atoms with Crippen LogP contribution in [0.25, 0.3) is 0 Å². The number of hydrogen-bond donors (Lipinski definition) is 0. The molecular weight excluding hydrogens is 578 g/mol. The molecule has 2 atom stereocenters. The molecule has 4 aromatic rings. The normalized spacial score (nSPS) is 15.7. The number of benzene rings is 4. The molecule has 234 valence electrons. The van der Waals surface area contributed by atoms with Gasteiger partial charge >= 0.3 is 0 Å². The summed E-state index contributed by atoms with van der Waals surface area (Å²) in [6.07, 6.45) is 7.32. The molecule has 2 unspecified atom stereocenters. The highest BCUT2D eigenvalue weighted by molar-refractivity contribution is 7.77. The summed E-state index contributed by atoms with van der Waals surface area (Å²) >= 11 is 0. The van der Waals surface area contributed by atoms with Gasteiger partial charge in [0, 0.05) is 5.92 Å². The van der Waals surface area contributed by atoms with Crippen molar-refractivity contribution >= 4 is 37.1 Å². The Bertz CT molecular complexity index is 1470. The molecule has 5 rings (SSSR count). The highest BCUT2D eigenvalue weighted by Gasteiger charge is 2.35. The van der Waals surface area contributed by atoms with E-state index in [0.717, 1.165) is 0 Å². The minimum Gasteiger partial charge on any atom is -0.0763 e. The minimum absolute atomic E-state index is 0.373. The lowest BCUT2D eigenvalue weighted by Crippen LogP contribution is -2.28. The zero-order valence-corrected chi connectivity index (χ0v) is 30.6. The van der Waals surface area contributed by atoms with Crippen molar-refractivity contribution in [2.24, 2.45) is 5.92 Å². The smallest absolute Gasteiger partial charge is 0.0103 e. The largest absolute Gasteiger partial charge is 0.0763 e. The Morgan fingerprint density at radius 1 is 0.467 bits per heavy atom. The fraction of sp³-hybridized carbons (Fsp3) is 0.349. The van der Waals surface area contributed by atoms with Gasteiger partial charge in [-0.25, -0.2) is 0 Å². The van der Waals surface area contributed by atoms with E-state index in [1.165, 1.54) is 43.5 Å². The molecule has 45 heavy (non-hydrogen) atoms. The molecule has 4 aromatic carbocycles. The zero-order chi connectivity index (χ0) is 32.2. The number of rotatable bonds is 11. The Balaban J connectivity index is 1.70. The van der Waals surface area contributed by atoms with Crippen molar-refractivity contribution in [3.8, 4) is 0 Å². The van der Waals surface area contributed by atoms with E-state index in [0.29, 0.717) is 35.2 Å². The van der Waals surface area contributed by atoms with Crippen LogP contribution < -0.4 is 21.2 Å².